The van der Waals surface area contributed by atoms with Gasteiger partial charge in [0, 0.05) is 11.7 Å². The lowest BCUT2D eigenvalue weighted by Crippen LogP contribution is -2.39. The first kappa shape index (κ1) is 22.2. The molecule has 1 unspecified atom stereocenters. The first-order chi connectivity index (χ1) is 14.1. The molecule has 0 fully saturated rings. The van der Waals surface area contributed by atoms with Gasteiger partial charge in [0.25, 0.3) is 0 Å². The minimum Gasteiger partial charge on any atom is -0.456 e. The molecule has 1 aromatic carbocycles. The molecule has 1 aromatic rings. The van der Waals surface area contributed by atoms with E-state index in [0.717, 1.165) is 16.4 Å². The number of amides is 1. The molecule has 1 N–H and O–H groups in total. The lowest BCUT2D eigenvalue weighted by Gasteiger charge is -2.37. The van der Waals surface area contributed by atoms with E-state index in [-0.39, 0.29) is 24.3 Å². The molecule has 30 heavy (non-hydrogen) atoms. The van der Waals surface area contributed by atoms with Gasteiger partial charge in [0.15, 0.2) is 5.17 Å². The SMILES string of the molecule is CC1=C(C(=O)OC(C)(C)C)C(c2ccccc2)N2C(CC(=O)NC(C)C)=CSC2=N1. The van der Waals surface area contributed by atoms with Gasteiger partial charge in [-0.1, -0.05) is 42.1 Å². The average molecular weight is 428 g/mol. The molecular formula is C23H29N3O3S. The maximum atomic E-state index is 13.2. The third-order valence-electron chi connectivity index (χ3n) is 4.53. The smallest absolute Gasteiger partial charge is 0.338 e. The van der Waals surface area contributed by atoms with Gasteiger partial charge in [-0.15, -0.1) is 0 Å². The molecule has 2 aliphatic rings. The zero-order valence-electron chi connectivity index (χ0n) is 18.4. The molecule has 0 spiro atoms. The summed E-state index contributed by atoms with van der Waals surface area (Å²) in [6.07, 6.45) is 0.216. The molecule has 0 bridgehead atoms. The number of nitrogens with zero attached hydrogens (tertiary/aromatic N) is 2. The van der Waals surface area contributed by atoms with Crippen LogP contribution in [-0.2, 0) is 14.3 Å². The Labute approximate surface area is 182 Å². The van der Waals surface area contributed by atoms with E-state index in [1.165, 1.54) is 11.8 Å². The Morgan fingerprint density at radius 1 is 1.23 bits per heavy atom. The standard InChI is InChI=1S/C23H29N3O3S/c1-14(2)24-18(27)12-17-13-30-22-25-15(3)19(21(28)29-23(4,5)6)20(26(17)22)16-10-8-7-9-11-16/h7-11,13-14,20H,12H2,1-6H3,(H,24,27). The number of fused-ring (bicyclic) bond motifs is 1. The fraction of sp³-hybridized carbons (Fsp3) is 0.435. The quantitative estimate of drug-likeness (QED) is 0.700. The second-order valence-corrected chi connectivity index (χ2v) is 9.54. The van der Waals surface area contributed by atoms with Gasteiger partial charge in [-0.25, -0.2) is 9.79 Å². The summed E-state index contributed by atoms with van der Waals surface area (Å²) in [6, 6.07) is 9.46. The zero-order chi connectivity index (χ0) is 22.1. The fourth-order valence-corrected chi connectivity index (χ4v) is 4.42. The molecule has 1 amide bonds. The highest BCUT2D eigenvalue weighted by Gasteiger charge is 2.41. The van der Waals surface area contributed by atoms with Gasteiger partial charge >= 0.3 is 5.97 Å². The molecule has 2 heterocycles. The third-order valence-corrected chi connectivity index (χ3v) is 5.41. The van der Waals surface area contributed by atoms with Crippen LogP contribution in [-0.4, -0.2) is 33.6 Å². The van der Waals surface area contributed by atoms with Crippen molar-refractivity contribution in [3.05, 3.63) is 58.3 Å². The van der Waals surface area contributed by atoms with Gasteiger partial charge in [0.05, 0.1) is 23.7 Å². The molecule has 0 saturated carbocycles. The lowest BCUT2D eigenvalue weighted by atomic mass is 9.93. The van der Waals surface area contributed by atoms with Gasteiger partial charge in [0.1, 0.15) is 5.60 Å². The molecule has 2 aliphatic heterocycles. The van der Waals surface area contributed by atoms with Crippen LogP contribution in [0.2, 0.25) is 0 Å². The highest BCUT2D eigenvalue weighted by Crippen LogP contribution is 2.45. The second kappa shape index (κ2) is 8.68. The summed E-state index contributed by atoms with van der Waals surface area (Å²) in [5.41, 5.74) is 2.28. The van der Waals surface area contributed by atoms with E-state index in [1.54, 1.807) is 0 Å². The number of hydrogen-bond acceptors (Lipinski definition) is 6. The number of amidine groups is 1. The van der Waals surface area contributed by atoms with Gasteiger partial charge in [-0.3, -0.25) is 4.79 Å². The number of rotatable bonds is 5. The summed E-state index contributed by atoms with van der Waals surface area (Å²) in [5, 5.41) is 5.64. The molecule has 7 heteroatoms. The third kappa shape index (κ3) is 4.95. The van der Waals surface area contributed by atoms with Gasteiger partial charge in [-0.2, -0.15) is 0 Å². The largest absolute Gasteiger partial charge is 0.456 e. The van der Waals surface area contributed by atoms with Crippen LogP contribution in [0.4, 0.5) is 0 Å². The van der Waals surface area contributed by atoms with Crippen molar-refractivity contribution in [3.8, 4) is 0 Å². The van der Waals surface area contributed by atoms with Crippen LogP contribution >= 0.6 is 11.8 Å². The van der Waals surface area contributed by atoms with Crippen molar-refractivity contribution in [1.29, 1.82) is 0 Å². The Morgan fingerprint density at radius 3 is 2.50 bits per heavy atom. The van der Waals surface area contributed by atoms with Crippen molar-refractivity contribution in [2.45, 2.75) is 65.6 Å². The molecule has 0 radical (unpaired) electrons. The van der Waals surface area contributed by atoms with Crippen LogP contribution in [0.1, 0.15) is 59.6 Å². The van der Waals surface area contributed by atoms with Gasteiger partial charge in [-0.05, 0) is 52.5 Å². The van der Waals surface area contributed by atoms with Crippen molar-refractivity contribution in [1.82, 2.24) is 10.2 Å². The summed E-state index contributed by atoms with van der Waals surface area (Å²) >= 11 is 1.47. The number of hydrogen-bond donors (Lipinski definition) is 1. The molecule has 0 aromatic heterocycles. The average Bonchev–Trinajstić information content (AvgIpc) is 3.01. The van der Waals surface area contributed by atoms with Crippen LogP contribution in [0.5, 0.6) is 0 Å². The first-order valence-electron chi connectivity index (χ1n) is 10.1. The van der Waals surface area contributed by atoms with Crippen LogP contribution in [0.3, 0.4) is 0 Å². The van der Waals surface area contributed by atoms with Gasteiger partial charge in [0.2, 0.25) is 5.91 Å². The van der Waals surface area contributed by atoms with E-state index < -0.39 is 11.6 Å². The molecule has 3 rings (SSSR count). The highest BCUT2D eigenvalue weighted by atomic mass is 32.2. The molecule has 0 aliphatic carbocycles. The molecule has 0 saturated heterocycles. The van der Waals surface area contributed by atoms with Crippen LogP contribution in [0.15, 0.2) is 57.7 Å². The maximum absolute atomic E-state index is 13.2. The lowest BCUT2D eigenvalue weighted by molar-refractivity contribution is -0.150. The normalized spacial score (nSPS) is 18.8. The first-order valence-corrected chi connectivity index (χ1v) is 11.0. The number of carbonyl (C=O) groups is 2. The molecule has 1 atom stereocenters. The van der Waals surface area contributed by atoms with Crippen molar-refractivity contribution in [3.63, 3.8) is 0 Å². The maximum Gasteiger partial charge on any atom is 0.338 e. The fourth-order valence-electron chi connectivity index (χ4n) is 3.45. The van der Waals surface area contributed by atoms with E-state index in [4.69, 9.17) is 4.74 Å². The summed E-state index contributed by atoms with van der Waals surface area (Å²) in [7, 11) is 0. The number of ether oxygens (including phenoxy) is 1. The number of nitrogens with one attached hydrogen (secondary N) is 1. The zero-order valence-corrected chi connectivity index (χ0v) is 19.2. The summed E-state index contributed by atoms with van der Waals surface area (Å²) in [4.78, 5) is 32.3. The van der Waals surface area contributed by atoms with Gasteiger partial charge < -0.3 is 15.0 Å². The second-order valence-electron chi connectivity index (χ2n) is 8.70. The van der Waals surface area contributed by atoms with Crippen molar-refractivity contribution >= 4 is 28.8 Å². The topological polar surface area (TPSA) is 71.0 Å². The van der Waals surface area contributed by atoms with Crippen LogP contribution in [0, 0.1) is 0 Å². The monoisotopic (exact) mass is 427 g/mol. The number of thioether (sulfide) groups is 1. The molecule has 6 nitrogen and oxygen atoms in total. The Bertz CT molecular complexity index is 927. The van der Waals surface area contributed by atoms with E-state index in [1.807, 2.05) is 82.2 Å². The van der Waals surface area contributed by atoms with Crippen molar-refractivity contribution < 1.29 is 14.3 Å². The number of benzene rings is 1. The molecule has 160 valence electrons. The number of aliphatic imine (C=N–C) groups is 1. The molecular weight excluding hydrogens is 398 g/mol. The predicted octanol–water partition coefficient (Wildman–Crippen LogP) is 4.52. The van der Waals surface area contributed by atoms with E-state index >= 15 is 0 Å². The minimum atomic E-state index is -0.620. The predicted molar refractivity (Wildman–Crippen MR) is 121 cm³/mol. The number of esters is 1. The van der Waals surface area contributed by atoms with Crippen LogP contribution in [0.25, 0.3) is 0 Å². The van der Waals surface area contributed by atoms with Crippen molar-refractivity contribution in [2.24, 2.45) is 4.99 Å². The summed E-state index contributed by atoms with van der Waals surface area (Å²) in [6.45, 7) is 11.3. The summed E-state index contributed by atoms with van der Waals surface area (Å²) < 4.78 is 5.72. The number of carbonyl (C=O) groups excluding carboxylic acids is 2. The minimum absolute atomic E-state index is 0.0602. The number of allylic oxidation sites excluding steroid dienone is 1. The van der Waals surface area contributed by atoms with Crippen LogP contribution < -0.4 is 5.32 Å². The Morgan fingerprint density at radius 2 is 1.90 bits per heavy atom. The Hall–Kier alpha value is -2.54. The highest BCUT2D eigenvalue weighted by molar-refractivity contribution is 8.16. The van der Waals surface area contributed by atoms with E-state index in [2.05, 4.69) is 10.3 Å². The van der Waals surface area contributed by atoms with E-state index in [0.29, 0.717) is 11.3 Å². The Balaban J connectivity index is 2.02. The van der Waals surface area contributed by atoms with Crippen molar-refractivity contribution in [2.75, 3.05) is 0 Å². The Kier molecular flexibility index (Phi) is 6.41. The summed E-state index contributed by atoms with van der Waals surface area (Å²) in [5.74, 6) is -0.450. The van der Waals surface area contributed by atoms with E-state index in [9.17, 15) is 9.59 Å².